The summed E-state index contributed by atoms with van der Waals surface area (Å²) in [5.74, 6) is 0.740. The van der Waals surface area contributed by atoms with E-state index in [0.717, 1.165) is 81.8 Å². The van der Waals surface area contributed by atoms with Gasteiger partial charge in [-0.3, -0.25) is 4.79 Å². The molecule has 2 saturated heterocycles. The largest absolute Gasteiger partial charge is 0.360 e. The van der Waals surface area contributed by atoms with Crippen LogP contribution in [0.2, 0.25) is 10.0 Å². The Balaban J connectivity index is 0.969. The zero-order chi connectivity index (χ0) is 33.7. The first-order chi connectivity index (χ1) is 23.6. The number of halogens is 2. The topological polar surface area (TPSA) is 117 Å². The summed E-state index contributed by atoms with van der Waals surface area (Å²) in [5, 5.41) is 11.9. The van der Waals surface area contributed by atoms with Crippen LogP contribution in [-0.2, 0) is 16.6 Å². The van der Waals surface area contributed by atoms with Crippen molar-refractivity contribution in [1.29, 1.82) is 0 Å². The Labute approximate surface area is 298 Å². The maximum absolute atomic E-state index is 13.4. The molecule has 13 heteroatoms. The molecule has 9 rings (SSSR count). The molecule has 4 fully saturated rings. The minimum absolute atomic E-state index is 0.311. The number of piperidine rings is 1. The minimum Gasteiger partial charge on any atom is -0.360 e. The number of carbonyl (C=O) groups excluding carboxylic acids is 1. The van der Waals surface area contributed by atoms with Crippen LogP contribution >= 0.6 is 34.5 Å². The van der Waals surface area contributed by atoms with Gasteiger partial charge in [0, 0.05) is 52.7 Å². The molecular formula is C36H35Cl2N5O4S2. The smallest absolute Gasteiger partial charge is 0.265 e. The van der Waals surface area contributed by atoms with Gasteiger partial charge in [-0.25, -0.2) is 18.1 Å². The number of benzene rings is 3. The van der Waals surface area contributed by atoms with E-state index in [1.807, 2.05) is 48.5 Å². The van der Waals surface area contributed by atoms with Crippen LogP contribution in [0.4, 0.5) is 5.13 Å². The van der Waals surface area contributed by atoms with Gasteiger partial charge in [-0.2, -0.15) is 0 Å². The summed E-state index contributed by atoms with van der Waals surface area (Å²) in [6.07, 6.45) is 7.44. The molecule has 9 nitrogen and oxygen atoms in total. The number of fused-ring (bicyclic) bond motifs is 5. The molecule has 2 N–H and O–H groups in total. The lowest BCUT2D eigenvalue weighted by molar-refractivity contribution is 0.0982. The molecule has 2 aromatic heterocycles. The Morgan fingerprint density at radius 1 is 1.02 bits per heavy atom. The van der Waals surface area contributed by atoms with E-state index in [2.05, 4.69) is 20.1 Å². The van der Waals surface area contributed by atoms with Crippen molar-refractivity contribution >= 4 is 76.6 Å². The number of carbonyl (C=O) groups is 1. The Kier molecular flexibility index (Phi) is 7.56. The summed E-state index contributed by atoms with van der Waals surface area (Å²) in [5.41, 5.74) is 3.68. The van der Waals surface area contributed by atoms with Crippen LogP contribution in [0.3, 0.4) is 0 Å². The molecule has 1 amide bonds. The van der Waals surface area contributed by atoms with Gasteiger partial charge in [-0.15, -0.1) is 0 Å². The molecular weight excluding hydrogens is 701 g/mol. The van der Waals surface area contributed by atoms with Gasteiger partial charge in [0.2, 0.25) is 10.0 Å². The molecule has 2 atom stereocenters. The van der Waals surface area contributed by atoms with E-state index in [4.69, 9.17) is 32.7 Å². The van der Waals surface area contributed by atoms with Crippen LogP contribution in [0.25, 0.3) is 32.2 Å². The van der Waals surface area contributed by atoms with Crippen molar-refractivity contribution in [2.24, 2.45) is 0 Å². The first-order valence-electron chi connectivity index (χ1n) is 16.9. The number of nitrogens with one attached hydrogen (secondary N) is 2. The molecule has 2 aliphatic heterocycles. The Morgan fingerprint density at radius 3 is 2.39 bits per heavy atom. The SMILES string of the molecule is CC1(S(=O)(=O)NC(=O)c2cc3sc(N4C5CCC4CC(NCc4c(-c6c(Cl)cccc6Cl)noc4C4CC4)C5)nc3c3ccccc23)CC1. The molecule has 2 unspecified atom stereocenters. The van der Waals surface area contributed by atoms with Crippen LogP contribution in [0.5, 0.6) is 0 Å². The third-order valence-electron chi connectivity index (χ3n) is 11.0. The number of hydrogen-bond acceptors (Lipinski definition) is 9. The second kappa shape index (κ2) is 11.7. The molecule has 3 aromatic carbocycles. The lowest BCUT2D eigenvalue weighted by atomic mass is 9.97. The van der Waals surface area contributed by atoms with Crippen molar-refractivity contribution < 1.29 is 17.7 Å². The number of sulfonamides is 1. The summed E-state index contributed by atoms with van der Waals surface area (Å²) in [6, 6.07) is 15.9. The fraction of sp³-hybridized carbons (Fsp3) is 0.417. The van der Waals surface area contributed by atoms with Crippen LogP contribution in [-0.4, -0.2) is 47.3 Å². The Morgan fingerprint density at radius 2 is 1.71 bits per heavy atom. The minimum atomic E-state index is -3.77. The first kappa shape index (κ1) is 31.7. The van der Waals surface area contributed by atoms with Gasteiger partial charge in [0.25, 0.3) is 5.91 Å². The molecule has 5 aromatic rings. The predicted octanol–water partition coefficient (Wildman–Crippen LogP) is 8.19. The van der Waals surface area contributed by atoms with E-state index in [1.165, 1.54) is 0 Å². The van der Waals surface area contributed by atoms with E-state index in [1.54, 1.807) is 18.3 Å². The van der Waals surface area contributed by atoms with Crippen molar-refractivity contribution in [2.75, 3.05) is 4.90 Å². The number of anilines is 1. The first-order valence-corrected chi connectivity index (χ1v) is 20.0. The molecule has 49 heavy (non-hydrogen) atoms. The lowest BCUT2D eigenvalue weighted by Crippen LogP contribution is -2.49. The highest BCUT2D eigenvalue weighted by molar-refractivity contribution is 7.91. The van der Waals surface area contributed by atoms with Gasteiger partial charge in [0.05, 0.1) is 25.0 Å². The second-order valence-corrected chi connectivity index (χ2v) is 18.3. The average molecular weight is 737 g/mol. The third-order valence-corrected chi connectivity index (χ3v) is 14.8. The number of nitrogens with zero attached hydrogens (tertiary/aromatic N) is 3. The van der Waals surface area contributed by atoms with Gasteiger partial charge in [-0.1, -0.05) is 70.0 Å². The number of rotatable bonds is 9. The van der Waals surface area contributed by atoms with Crippen LogP contribution in [0, 0.1) is 0 Å². The van der Waals surface area contributed by atoms with Crippen LogP contribution in [0.1, 0.15) is 85.9 Å². The Bertz CT molecular complexity index is 2230. The number of amides is 1. The van der Waals surface area contributed by atoms with Crippen molar-refractivity contribution in [3.05, 3.63) is 75.5 Å². The fourth-order valence-electron chi connectivity index (χ4n) is 7.77. The fourth-order valence-corrected chi connectivity index (χ4v) is 10.8. The van der Waals surface area contributed by atoms with Crippen molar-refractivity contribution in [3.8, 4) is 11.3 Å². The second-order valence-electron chi connectivity index (χ2n) is 14.3. The third kappa shape index (κ3) is 5.44. The summed E-state index contributed by atoms with van der Waals surface area (Å²) < 4.78 is 34.1. The highest BCUT2D eigenvalue weighted by Gasteiger charge is 2.51. The van der Waals surface area contributed by atoms with Gasteiger partial charge < -0.3 is 14.7 Å². The van der Waals surface area contributed by atoms with E-state index in [-0.39, 0.29) is 0 Å². The van der Waals surface area contributed by atoms with E-state index in [9.17, 15) is 13.2 Å². The maximum Gasteiger partial charge on any atom is 0.265 e. The van der Waals surface area contributed by atoms with Gasteiger partial charge >= 0.3 is 0 Å². The van der Waals surface area contributed by atoms with Gasteiger partial charge in [0.1, 0.15) is 11.5 Å². The summed E-state index contributed by atoms with van der Waals surface area (Å²) in [7, 11) is -3.77. The van der Waals surface area contributed by atoms with Gasteiger partial charge in [0.15, 0.2) is 5.13 Å². The van der Waals surface area contributed by atoms with Crippen molar-refractivity contribution in [2.45, 2.75) is 93.6 Å². The molecule has 0 radical (unpaired) electrons. The molecule has 2 saturated carbocycles. The van der Waals surface area contributed by atoms with Crippen molar-refractivity contribution in [1.82, 2.24) is 20.2 Å². The van der Waals surface area contributed by atoms with E-state index >= 15 is 0 Å². The zero-order valence-electron chi connectivity index (χ0n) is 26.8. The van der Waals surface area contributed by atoms with Gasteiger partial charge in [-0.05, 0) is 81.9 Å². The summed E-state index contributed by atoms with van der Waals surface area (Å²) in [6.45, 7) is 2.31. The number of hydrogen-bond donors (Lipinski definition) is 2. The number of thiazole rings is 1. The molecule has 4 heterocycles. The number of aromatic nitrogens is 2. The average Bonchev–Trinajstić information content (AvgIpc) is 3.96. The predicted molar refractivity (Wildman–Crippen MR) is 194 cm³/mol. The lowest BCUT2D eigenvalue weighted by Gasteiger charge is -2.39. The highest BCUT2D eigenvalue weighted by atomic mass is 35.5. The monoisotopic (exact) mass is 735 g/mol. The van der Waals surface area contributed by atoms with Crippen LogP contribution < -0.4 is 14.9 Å². The molecule has 0 spiro atoms. The molecule has 4 aliphatic rings. The molecule has 2 bridgehead atoms. The van der Waals surface area contributed by atoms with Crippen LogP contribution in [0.15, 0.2) is 53.1 Å². The van der Waals surface area contributed by atoms with E-state index < -0.39 is 20.7 Å². The normalized spacial score (nSPS) is 23.0. The standard InChI is InChI=1S/C36H35Cl2N5O4S2/c1-36(13-14-36)49(45,46)42-34(44)25-17-29-31(24-6-3-2-5-23(24)25)40-35(48-29)43-21-11-12-22(43)16-20(15-21)39-18-26-32(41-47-33(26)19-9-10-19)30-27(37)7-4-8-28(30)38/h2-8,17,19-22,39H,9-16,18H2,1H3,(H,42,44). The summed E-state index contributed by atoms with van der Waals surface area (Å²) >= 11 is 14.8. The zero-order valence-corrected chi connectivity index (χ0v) is 30.0. The molecule has 254 valence electrons. The summed E-state index contributed by atoms with van der Waals surface area (Å²) in [4.78, 5) is 21.1. The highest BCUT2D eigenvalue weighted by Crippen LogP contribution is 2.47. The Hall–Kier alpha value is -3.22. The van der Waals surface area contributed by atoms with Crippen molar-refractivity contribution in [3.63, 3.8) is 0 Å². The molecule has 2 aliphatic carbocycles. The van der Waals surface area contributed by atoms with E-state index in [0.29, 0.717) is 64.4 Å². The maximum atomic E-state index is 13.4. The quantitative estimate of drug-likeness (QED) is 0.156.